The van der Waals surface area contributed by atoms with Crippen LogP contribution < -0.4 is 5.32 Å². The number of morpholine rings is 1. The first kappa shape index (κ1) is 21.5. The number of hydrogen-bond acceptors (Lipinski definition) is 5. The second-order valence-electron chi connectivity index (χ2n) is 10.9. The SMILES string of the molecule is C=C(N1CCc2cc(-c3cnc4[nH]cc(C)c4c3)cc(C3CCCN3)c2C1)N1C2CCC1COC2. The summed E-state index contributed by atoms with van der Waals surface area (Å²) in [6.07, 6.45) is 10.0. The van der Waals surface area contributed by atoms with Crippen LogP contribution in [-0.2, 0) is 17.7 Å². The molecule has 35 heavy (non-hydrogen) atoms. The van der Waals surface area contributed by atoms with Crippen molar-refractivity contribution in [2.45, 2.75) is 63.7 Å². The molecule has 2 bridgehead atoms. The highest BCUT2D eigenvalue weighted by Crippen LogP contribution is 2.39. The highest BCUT2D eigenvalue weighted by atomic mass is 16.5. The number of hydrogen-bond donors (Lipinski definition) is 2. The van der Waals surface area contributed by atoms with Gasteiger partial charge in [-0.05, 0) is 85.5 Å². The molecule has 7 rings (SSSR count). The van der Waals surface area contributed by atoms with Crippen molar-refractivity contribution < 1.29 is 4.74 Å². The molecule has 3 saturated heterocycles. The van der Waals surface area contributed by atoms with Gasteiger partial charge in [0, 0.05) is 42.5 Å². The van der Waals surface area contributed by atoms with Crippen molar-refractivity contribution in [2.75, 3.05) is 26.3 Å². The van der Waals surface area contributed by atoms with Crippen LogP contribution in [0.3, 0.4) is 0 Å². The first-order valence-corrected chi connectivity index (χ1v) is 13.3. The lowest BCUT2D eigenvalue weighted by Crippen LogP contribution is -2.49. The monoisotopic (exact) mass is 469 g/mol. The predicted molar refractivity (Wildman–Crippen MR) is 139 cm³/mol. The van der Waals surface area contributed by atoms with Crippen molar-refractivity contribution in [2.24, 2.45) is 0 Å². The molecule has 3 aromatic rings. The van der Waals surface area contributed by atoms with Crippen LogP contribution in [0.25, 0.3) is 22.2 Å². The van der Waals surface area contributed by atoms with E-state index in [4.69, 9.17) is 9.72 Å². The average Bonchev–Trinajstić information content (AvgIpc) is 3.61. The van der Waals surface area contributed by atoms with Gasteiger partial charge in [-0.25, -0.2) is 4.98 Å². The van der Waals surface area contributed by atoms with Gasteiger partial charge in [-0.2, -0.15) is 0 Å². The Morgan fingerprint density at radius 2 is 1.97 bits per heavy atom. The summed E-state index contributed by atoms with van der Waals surface area (Å²) in [7, 11) is 0. The molecule has 0 aliphatic carbocycles. The largest absolute Gasteiger partial charge is 0.377 e. The van der Waals surface area contributed by atoms with Crippen LogP contribution in [0.15, 0.2) is 43.0 Å². The van der Waals surface area contributed by atoms with Crippen LogP contribution >= 0.6 is 0 Å². The standard InChI is InChI=1S/C29H35N5O/c1-18-13-31-29-25(18)12-22(14-32-29)21-10-20-7-9-33(15-27(20)26(11-21)28-4-3-8-30-28)19(2)34-23-5-6-24(34)17-35-16-23/h10-14,23-24,28,30H,2-9,15-17H2,1H3,(H,31,32). The fourth-order valence-corrected chi connectivity index (χ4v) is 6.85. The molecule has 3 atom stereocenters. The zero-order valence-electron chi connectivity index (χ0n) is 20.6. The molecule has 2 N–H and O–H groups in total. The lowest BCUT2D eigenvalue weighted by Gasteiger charge is -2.44. The summed E-state index contributed by atoms with van der Waals surface area (Å²) < 4.78 is 5.83. The van der Waals surface area contributed by atoms with Gasteiger partial charge >= 0.3 is 0 Å². The zero-order valence-corrected chi connectivity index (χ0v) is 20.6. The van der Waals surface area contributed by atoms with Gasteiger partial charge in [0.2, 0.25) is 0 Å². The van der Waals surface area contributed by atoms with Crippen molar-refractivity contribution >= 4 is 11.0 Å². The third kappa shape index (κ3) is 3.57. The molecule has 3 unspecified atom stereocenters. The molecule has 1 aromatic carbocycles. The summed E-state index contributed by atoms with van der Waals surface area (Å²) in [5, 5.41) is 4.99. The maximum Gasteiger partial charge on any atom is 0.137 e. The molecule has 0 radical (unpaired) electrons. The summed E-state index contributed by atoms with van der Waals surface area (Å²) in [6.45, 7) is 11.5. The van der Waals surface area contributed by atoms with E-state index in [1.165, 1.54) is 70.3 Å². The van der Waals surface area contributed by atoms with Crippen molar-refractivity contribution in [3.63, 3.8) is 0 Å². The Hall–Kier alpha value is -2.83. The number of benzene rings is 1. The Bertz CT molecular complexity index is 1270. The molecular weight excluding hydrogens is 434 g/mol. The molecular formula is C29H35N5O. The van der Waals surface area contributed by atoms with Gasteiger partial charge in [0.25, 0.3) is 0 Å². The molecule has 0 spiro atoms. The number of aryl methyl sites for hydroxylation is 1. The highest BCUT2D eigenvalue weighted by molar-refractivity contribution is 5.84. The first-order valence-electron chi connectivity index (χ1n) is 13.3. The number of nitrogens with one attached hydrogen (secondary N) is 2. The Kier molecular flexibility index (Phi) is 5.14. The highest BCUT2D eigenvalue weighted by Gasteiger charge is 2.40. The summed E-state index contributed by atoms with van der Waals surface area (Å²) in [6, 6.07) is 8.60. The van der Waals surface area contributed by atoms with E-state index in [-0.39, 0.29) is 0 Å². The molecule has 6 heterocycles. The van der Waals surface area contributed by atoms with Crippen LogP contribution in [0, 0.1) is 6.92 Å². The second kappa shape index (κ2) is 8.38. The van der Waals surface area contributed by atoms with Crippen molar-refractivity contribution in [3.05, 3.63) is 65.2 Å². The minimum absolute atomic E-state index is 0.433. The molecule has 6 nitrogen and oxygen atoms in total. The quantitative estimate of drug-likeness (QED) is 0.582. The van der Waals surface area contributed by atoms with Gasteiger partial charge in [0.1, 0.15) is 5.65 Å². The van der Waals surface area contributed by atoms with E-state index in [1.54, 1.807) is 0 Å². The van der Waals surface area contributed by atoms with E-state index >= 15 is 0 Å². The lowest BCUT2D eigenvalue weighted by molar-refractivity contribution is -0.0130. The normalized spacial score (nSPS) is 25.9. The molecule has 0 saturated carbocycles. The number of fused-ring (bicyclic) bond motifs is 4. The minimum atomic E-state index is 0.433. The van der Waals surface area contributed by atoms with Gasteiger partial charge in [-0.1, -0.05) is 12.6 Å². The summed E-state index contributed by atoms with van der Waals surface area (Å²) in [4.78, 5) is 13.1. The molecule has 0 amide bonds. The van der Waals surface area contributed by atoms with Crippen LogP contribution in [0.1, 0.15) is 54.0 Å². The van der Waals surface area contributed by atoms with Crippen molar-refractivity contribution in [1.29, 1.82) is 0 Å². The molecule has 2 aromatic heterocycles. The fourth-order valence-electron chi connectivity index (χ4n) is 6.85. The number of rotatable bonds is 4. The van der Waals surface area contributed by atoms with E-state index in [2.05, 4.69) is 51.8 Å². The molecule has 4 aliphatic rings. The number of aromatic nitrogens is 2. The molecule has 3 fully saturated rings. The smallest absolute Gasteiger partial charge is 0.137 e. The average molecular weight is 470 g/mol. The maximum absolute atomic E-state index is 5.83. The van der Waals surface area contributed by atoms with Crippen molar-refractivity contribution in [1.82, 2.24) is 25.1 Å². The summed E-state index contributed by atoms with van der Waals surface area (Å²) >= 11 is 0. The van der Waals surface area contributed by atoms with Crippen LogP contribution in [0.4, 0.5) is 0 Å². The van der Waals surface area contributed by atoms with E-state index in [0.29, 0.717) is 18.1 Å². The number of ether oxygens (including phenoxy) is 1. The van der Waals surface area contributed by atoms with Gasteiger partial charge in [-0.3, -0.25) is 0 Å². The minimum Gasteiger partial charge on any atom is -0.377 e. The topological polar surface area (TPSA) is 56.4 Å². The summed E-state index contributed by atoms with van der Waals surface area (Å²) in [5.74, 6) is 1.21. The van der Waals surface area contributed by atoms with Crippen LogP contribution in [0.2, 0.25) is 0 Å². The van der Waals surface area contributed by atoms with Gasteiger partial charge in [0.05, 0.1) is 31.1 Å². The first-order chi connectivity index (χ1) is 17.2. The van der Waals surface area contributed by atoms with Gasteiger partial charge in [-0.15, -0.1) is 0 Å². The Labute approximate surface area is 207 Å². The fraction of sp³-hybridized carbons (Fsp3) is 0.483. The Balaban J connectivity index is 1.25. The van der Waals surface area contributed by atoms with Gasteiger partial charge < -0.3 is 24.8 Å². The molecule has 4 aliphatic heterocycles. The second-order valence-corrected chi connectivity index (χ2v) is 10.9. The Morgan fingerprint density at radius 1 is 1.11 bits per heavy atom. The van der Waals surface area contributed by atoms with Gasteiger partial charge in [0.15, 0.2) is 0 Å². The zero-order chi connectivity index (χ0) is 23.5. The predicted octanol–water partition coefficient (Wildman–Crippen LogP) is 4.66. The maximum atomic E-state index is 5.83. The van der Waals surface area contributed by atoms with Crippen LogP contribution in [-0.4, -0.2) is 58.2 Å². The number of pyridine rings is 1. The van der Waals surface area contributed by atoms with Crippen LogP contribution in [0.5, 0.6) is 0 Å². The third-order valence-electron chi connectivity index (χ3n) is 8.79. The molecule has 182 valence electrons. The third-order valence-corrected chi connectivity index (χ3v) is 8.79. The number of nitrogens with zero attached hydrogens (tertiary/aromatic N) is 3. The van der Waals surface area contributed by atoms with Crippen molar-refractivity contribution in [3.8, 4) is 11.1 Å². The van der Waals surface area contributed by atoms with E-state index in [0.717, 1.165) is 44.9 Å². The molecule has 6 heteroatoms. The Morgan fingerprint density at radius 3 is 2.77 bits per heavy atom. The lowest BCUT2D eigenvalue weighted by atomic mass is 9.87. The number of H-pyrrole nitrogens is 1. The summed E-state index contributed by atoms with van der Waals surface area (Å²) in [5.41, 5.74) is 9.19. The van der Waals surface area contributed by atoms with E-state index in [1.807, 2.05) is 12.4 Å². The van der Waals surface area contributed by atoms with E-state index < -0.39 is 0 Å². The van der Waals surface area contributed by atoms with E-state index in [9.17, 15) is 0 Å². The number of aromatic amines is 1.